The maximum absolute atomic E-state index is 5.00. The molecular weight excluding hydrogens is 260 g/mol. The number of fused-ring (bicyclic) bond motifs is 6. The third kappa shape index (κ3) is 1.85. The third-order valence-electron chi connectivity index (χ3n) is 6.24. The Balaban J connectivity index is 1.40. The van der Waals surface area contributed by atoms with Crippen molar-refractivity contribution >= 4 is 5.84 Å². The Kier molecular flexibility index (Phi) is 2.63. The number of piperidine rings is 1. The minimum absolute atomic E-state index is 0.487. The van der Waals surface area contributed by atoms with E-state index in [4.69, 9.17) is 4.99 Å². The van der Waals surface area contributed by atoms with Gasteiger partial charge in [-0.15, -0.1) is 0 Å². The van der Waals surface area contributed by atoms with Crippen LogP contribution in [0.2, 0.25) is 0 Å². The van der Waals surface area contributed by atoms with Crippen LogP contribution >= 0.6 is 0 Å². The molecule has 2 bridgehead atoms. The van der Waals surface area contributed by atoms with E-state index in [1.165, 1.54) is 32.4 Å². The highest BCUT2D eigenvalue weighted by Gasteiger charge is 2.51. The van der Waals surface area contributed by atoms with Crippen molar-refractivity contribution in [2.45, 2.75) is 31.3 Å². The third-order valence-corrected chi connectivity index (χ3v) is 6.24. The van der Waals surface area contributed by atoms with E-state index in [1.807, 2.05) is 18.5 Å². The minimum atomic E-state index is 0.487. The second-order valence-electron chi connectivity index (χ2n) is 7.25. The van der Waals surface area contributed by atoms with Crippen LogP contribution in [0.15, 0.2) is 29.5 Å². The largest absolute Gasteiger partial charge is 0.365 e. The van der Waals surface area contributed by atoms with Gasteiger partial charge in [-0.25, -0.2) is 0 Å². The van der Waals surface area contributed by atoms with Gasteiger partial charge in [-0.1, -0.05) is 0 Å². The second-order valence-corrected chi connectivity index (χ2v) is 7.25. The molecule has 5 rings (SSSR count). The monoisotopic (exact) mass is 282 g/mol. The van der Waals surface area contributed by atoms with E-state index < -0.39 is 0 Å². The van der Waals surface area contributed by atoms with Crippen molar-refractivity contribution in [1.29, 1.82) is 0 Å². The van der Waals surface area contributed by atoms with Crippen LogP contribution in [0.3, 0.4) is 0 Å². The first-order valence-electron chi connectivity index (χ1n) is 8.34. The van der Waals surface area contributed by atoms with Crippen LogP contribution in [0.1, 0.15) is 24.8 Å². The van der Waals surface area contributed by atoms with Crippen LogP contribution < -0.4 is 10.6 Å². The quantitative estimate of drug-likeness (QED) is 0.819. The van der Waals surface area contributed by atoms with Gasteiger partial charge in [-0.3, -0.25) is 9.98 Å². The number of rotatable bonds is 1. The fraction of sp³-hybridized carbons (Fsp3) is 0.647. The highest BCUT2D eigenvalue weighted by Crippen LogP contribution is 2.51. The molecule has 1 aromatic heterocycles. The molecule has 1 aromatic rings. The van der Waals surface area contributed by atoms with Crippen LogP contribution in [0, 0.1) is 23.7 Å². The van der Waals surface area contributed by atoms with Crippen molar-refractivity contribution in [3.8, 4) is 0 Å². The average molecular weight is 282 g/mol. The summed E-state index contributed by atoms with van der Waals surface area (Å²) in [5.41, 5.74) is 1.14. The van der Waals surface area contributed by atoms with Crippen molar-refractivity contribution in [3.63, 3.8) is 0 Å². The molecule has 4 nitrogen and oxygen atoms in total. The number of amidine groups is 1. The fourth-order valence-electron chi connectivity index (χ4n) is 5.33. The highest BCUT2D eigenvalue weighted by atomic mass is 15.1. The summed E-state index contributed by atoms with van der Waals surface area (Å²) in [6.45, 7) is 2.48. The highest BCUT2D eigenvalue weighted by molar-refractivity contribution is 6.00. The lowest BCUT2D eigenvalue weighted by Gasteiger charge is -2.36. The molecule has 0 amide bonds. The van der Waals surface area contributed by atoms with E-state index >= 15 is 0 Å². The first-order chi connectivity index (χ1) is 10.4. The van der Waals surface area contributed by atoms with E-state index in [9.17, 15) is 0 Å². The molecule has 4 aliphatic rings. The van der Waals surface area contributed by atoms with Gasteiger partial charge >= 0.3 is 0 Å². The van der Waals surface area contributed by atoms with Crippen LogP contribution in [-0.2, 0) is 0 Å². The van der Waals surface area contributed by atoms with Gasteiger partial charge in [0.2, 0.25) is 0 Å². The number of pyridine rings is 1. The zero-order valence-corrected chi connectivity index (χ0v) is 12.2. The number of nitrogens with zero attached hydrogens (tertiary/aromatic N) is 2. The molecule has 2 aliphatic heterocycles. The smallest absolute Gasteiger partial charge is 0.130 e. The van der Waals surface area contributed by atoms with Crippen LogP contribution in [-0.4, -0.2) is 36.0 Å². The summed E-state index contributed by atoms with van der Waals surface area (Å²) in [6.07, 6.45) is 7.80. The molecule has 21 heavy (non-hydrogen) atoms. The lowest BCUT2D eigenvalue weighted by atomic mass is 9.72. The van der Waals surface area contributed by atoms with Crippen molar-refractivity contribution in [2.75, 3.05) is 13.1 Å². The molecule has 6 unspecified atom stereocenters. The maximum Gasteiger partial charge on any atom is 0.130 e. The predicted octanol–water partition coefficient (Wildman–Crippen LogP) is 1.43. The standard InChI is InChI=1S/C17H22N4/c1-2-10(7-18-3-1)17-20-15-5-13-11-4-12(9-19-8-11)14(13)6-16(15)21-17/h1-3,7,11-16,19H,4-6,8-9H2,(H,20,21). The lowest BCUT2D eigenvalue weighted by molar-refractivity contribution is 0.180. The van der Waals surface area contributed by atoms with Gasteiger partial charge in [0.1, 0.15) is 5.84 Å². The number of hydrogen-bond donors (Lipinski definition) is 2. The van der Waals surface area contributed by atoms with Crippen molar-refractivity contribution in [3.05, 3.63) is 30.1 Å². The predicted molar refractivity (Wildman–Crippen MR) is 82.2 cm³/mol. The SMILES string of the molecule is c1cncc(C2=NC3CC4C5CNCC(C5)C4CC3N2)c1. The van der Waals surface area contributed by atoms with Gasteiger partial charge in [0.05, 0.1) is 12.1 Å². The zero-order valence-electron chi connectivity index (χ0n) is 12.2. The molecule has 0 aromatic carbocycles. The molecule has 6 atom stereocenters. The molecule has 2 aliphatic carbocycles. The van der Waals surface area contributed by atoms with Gasteiger partial charge in [0.15, 0.2) is 0 Å². The van der Waals surface area contributed by atoms with E-state index in [0.717, 1.165) is 35.1 Å². The summed E-state index contributed by atoms with van der Waals surface area (Å²) in [5.74, 6) is 4.72. The number of nitrogens with one attached hydrogen (secondary N) is 2. The Bertz CT molecular complexity index is 569. The number of aliphatic imine (C=N–C) groups is 1. The summed E-state index contributed by atoms with van der Waals surface area (Å²) in [4.78, 5) is 9.22. The van der Waals surface area contributed by atoms with Crippen LogP contribution in [0.5, 0.6) is 0 Å². The molecule has 2 N–H and O–H groups in total. The topological polar surface area (TPSA) is 49.3 Å². The number of aromatic nitrogens is 1. The van der Waals surface area contributed by atoms with E-state index in [0.29, 0.717) is 12.1 Å². The Morgan fingerprint density at radius 1 is 1.05 bits per heavy atom. The molecule has 3 heterocycles. The van der Waals surface area contributed by atoms with Crippen molar-refractivity contribution in [1.82, 2.24) is 15.6 Å². The van der Waals surface area contributed by atoms with E-state index in [-0.39, 0.29) is 0 Å². The first kappa shape index (κ1) is 12.2. The molecule has 1 saturated heterocycles. The Morgan fingerprint density at radius 2 is 1.90 bits per heavy atom. The zero-order chi connectivity index (χ0) is 13.8. The summed E-state index contributed by atoms with van der Waals surface area (Å²) in [6, 6.07) is 5.14. The Hall–Kier alpha value is -1.42. The van der Waals surface area contributed by atoms with Gasteiger partial charge in [-0.05, 0) is 68.2 Å². The van der Waals surface area contributed by atoms with Crippen LogP contribution in [0.25, 0.3) is 0 Å². The van der Waals surface area contributed by atoms with Crippen molar-refractivity contribution < 1.29 is 0 Å². The fourth-order valence-corrected chi connectivity index (χ4v) is 5.33. The normalized spacial score (nSPS) is 43.7. The van der Waals surface area contributed by atoms with Gasteiger partial charge in [0.25, 0.3) is 0 Å². The summed E-state index contributed by atoms with van der Waals surface area (Å²) in [7, 11) is 0. The summed E-state index contributed by atoms with van der Waals surface area (Å²) in [5, 5.41) is 7.33. The second kappa shape index (κ2) is 4.54. The molecule has 3 fully saturated rings. The maximum atomic E-state index is 5.00. The first-order valence-corrected chi connectivity index (χ1v) is 8.34. The molecule has 110 valence electrons. The molecule has 0 radical (unpaired) electrons. The average Bonchev–Trinajstić information content (AvgIpc) is 3.06. The minimum Gasteiger partial charge on any atom is -0.365 e. The molecule has 0 spiro atoms. The van der Waals surface area contributed by atoms with E-state index in [2.05, 4.69) is 21.7 Å². The Morgan fingerprint density at radius 3 is 2.71 bits per heavy atom. The molecule has 4 heteroatoms. The van der Waals surface area contributed by atoms with E-state index in [1.54, 1.807) is 0 Å². The summed E-state index contributed by atoms with van der Waals surface area (Å²) >= 11 is 0. The molecule has 2 saturated carbocycles. The number of hydrogen-bond acceptors (Lipinski definition) is 4. The van der Waals surface area contributed by atoms with Crippen LogP contribution in [0.4, 0.5) is 0 Å². The Labute approximate surface area is 125 Å². The lowest BCUT2D eigenvalue weighted by Crippen LogP contribution is -2.43. The van der Waals surface area contributed by atoms with Gasteiger partial charge < -0.3 is 10.6 Å². The van der Waals surface area contributed by atoms with Crippen molar-refractivity contribution in [2.24, 2.45) is 28.7 Å². The molecular formula is C17H22N4. The van der Waals surface area contributed by atoms with Gasteiger partial charge in [0, 0.05) is 18.0 Å². The summed E-state index contributed by atoms with van der Waals surface area (Å²) < 4.78 is 0. The van der Waals surface area contributed by atoms with Gasteiger partial charge in [-0.2, -0.15) is 0 Å².